The fourth-order valence-corrected chi connectivity index (χ4v) is 2.03. The van der Waals surface area contributed by atoms with Gasteiger partial charge in [0.1, 0.15) is 0 Å². The van der Waals surface area contributed by atoms with Crippen LogP contribution in [0.3, 0.4) is 0 Å². The van der Waals surface area contributed by atoms with Crippen molar-refractivity contribution in [3.63, 3.8) is 0 Å². The van der Waals surface area contributed by atoms with Gasteiger partial charge in [0.15, 0.2) is 0 Å². The highest BCUT2D eigenvalue weighted by molar-refractivity contribution is 7.17. The summed E-state index contributed by atoms with van der Waals surface area (Å²) in [5, 5.41) is 10.3. The minimum atomic E-state index is 1.02. The maximum Gasteiger partial charge on any atom is 0.0349 e. The number of hydrogen-bond acceptors (Lipinski definition) is 2. The molecule has 0 spiro atoms. The molecule has 0 amide bonds. The second-order valence-corrected chi connectivity index (χ2v) is 3.24. The zero-order chi connectivity index (χ0) is 7.68. The summed E-state index contributed by atoms with van der Waals surface area (Å²) in [5.74, 6) is 0. The maximum atomic E-state index is 7.12. The van der Waals surface area contributed by atoms with E-state index in [1.807, 2.05) is 23.6 Å². The van der Waals surface area contributed by atoms with Gasteiger partial charge in [-0.05, 0) is 6.07 Å². The van der Waals surface area contributed by atoms with Crippen LogP contribution in [-0.2, 0) is 0 Å². The van der Waals surface area contributed by atoms with Crippen molar-refractivity contribution in [2.24, 2.45) is 0 Å². The highest BCUT2D eigenvalue weighted by Gasteiger charge is 1.98. The standard InChI is InChI=1S/C9H7NS/c10-5-7-6-11-9-4-2-1-3-8(7)9/h1-6,10H. The zero-order valence-electron chi connectivity index (χ0n) is 5.87. The zero-order valence-corrected chi connectivity index (χ0v) is 6.69. The van der Waals surface area contributed by atoms with E-state index in [-0.39, 0.29) is 0 Å². The molecule has 1 nitrogen and oxygen atoms in total. The van der Waals surface area contributed by atoms with Crippen LogP contribution in [0.25, 0.3) is 10.1 Å². The van der Waals surface area contributed by atoms with E-state index in [1.54, 1.807) is 11.3 Å². The molecular formula is C9H7NS. The Balaban J connectivity index is 2.86. The van der Waals surface area contributed by atoms with Gasteiger partial charge in [0, 0.05) is 27.2 Å². The van der Waals surface area contributed by atoms with E-state index in [2.05, 4.69) is 6.07 Å². The summed E-state index contributed by atoms with van der Waals surface area (Å²) in [5.41, 5.74) is 1.02. The van der Waals surface area contributed by atoms with Gasteiger partial charge in [-0.25, -0.2) is 0 Å². The molecule has 11 heavy (non-hydrogen) atoms. The highest BCUT2D eigenvalue weighted by atomic mass is 32.1. The van der Waals surface area contributed by atoms with Crippen molar-refractivity contribution < 1.29 is 0 Å². The fourth-order valence-electron chi connectivity index (χ4n) is 1.11. The van der Waals surface area contributed by atoms with Crippen LogP contribution < -0.4 is 0 Å². The number of hydrogen-bond donors (Lipinski definition) is 1. The molecule has 0 aliphatic rings. The van der Waals surface area contributed by atoms with Crippen molar-refractivity contribution in [1.29, 1.82) is 5.41 Å². The van der Waals surface area contributed by atoms with Crippen LogP contribution >= 0.6 is 11.3 Å². The Morgan fingerprint density at radius 1 is 1.27 bits per heavy atom. The Morgan fingerprint density at radius 2 is 2.09 bits per heavy atom. The fraction of sp³-hybridized carbons (Fsp3) is 0. The van der Waals surface area contributed by atoms with Crippen LogP contribution in [0.5, 0.6) is 0 Å². The summed E-state index contributed by atoms with van der Waals surface area (Å²) in [6, 6.07) is 8.15. The van der Waals surface area contributed by atoms with Crippen LogP contribution in [0, 0.1) is 5.41 Å². The Morgan fingerprint density at radius 3 is 2.91 bits per heavy atom. The highest BCUT2D eigenvalue weighted by Crippen LogP contribution is 2.23. The lowest BCUT2D eigenvalue weighted by Crippen LogP contribution is -1.72. The summed E-state index contributed by atoms with van der Waals surface area (Å²) in [6.07, 6.45) is 1.40. The van der Waals surface area contributed by atoms with E-state index >= 15 is 0 Å². The lowest BCUT2D eigenvalue weighted by Gasteiger charge is -1.87. The number of rotatable bonds is 1. The normalized spacial score (nSPS) is 10.2. The van der Waals surface area contributed by atoms with Gasteiger partial charge in [-0.1, -0.05) is 18.2 Å². The van der Waals surface area contributed by atoms with E-state index in [0.717, 1.165) is 5.56 Å². The maximum absolute atomic E-state index is 7.12. The lowest BCUT2D eigenvalue weighted by molar-refractivity contribution is 1.57. The third-order valence-electron chi connectivity index (χ3n) is 1.67. The summed E-state index contributed by atoms with van der Waals surface area (Å²) in [7, 11) is 0. The molecule has 54 valence electrons. The Kier molecular flexibility index (Phi) is 1.47. The molecule has 1 aromatic heterocycles. The van der Waals surface area contributed by atoms with Crippen molar-refractivity contribution in [2.75, 3.05) is 0 Å². The SMILES string of the molecule is N=Cc1csc2ccccc12. The van der Waals surface area contributed by atoms with Crippen LogP contribution in [0.15, 0.2) is 29.6 Å². The molecule has 0 bridgehead atoms. The van der Waals surface area contributed by atoms with Crippen molar-refractivity contribution >= 4 is 27.6 Å². The first-order valence-corrected chi connectivity index (χ1v) is 4.26. The van der Waals surface area contributed by atoms with Crippen LogP contribution in [-0.4, -0.2) is 6.21 Å². The van der Waals surface area contributed by atoms with Gasteiger partial charge in [0.05, 0.1) is 0 Å². The predicted molar refractivity (Wildman–Crippen MR) is 49.7 cm³/mol. The second-order valence-electron chi connectivity index (χ2n) is 2.33. The minimum Gasteiger partial charge on any atom is -0.308 e. The van der Waals surface area contributed by atoms with Crippen LogP contribution in [0.4, 0.5) is 0 Å². The van der Waals surface area contributed by atoms with Gasteiger partial charge >= 0.3 is 0 Å². The molecule has 0 aliphatic heterocycles. The summed E-state index contributed by atoms with van der Waals surface area (Å²) in [4.78, 5) is 0. The van der Waals surface area contributed by atoms with Gasteiger partial charge in [0.25, 0.3) is 0 Å². The van der Waals surface area contributed by atoms with E-state index in [9.17, 15) is 0 Å². The Bertz CT molecular complexity index is 389. The van der Waals surface area contributed by atoms with Gasteiger partial charge in [-0.2, -0.15) is 0 Å². The van der Waals surface area contributed by atoms with Crippen molar-refractivity contribution in [1.82, 2.24) is 0 Å². The number of thiophene rings is 1. The molecule has 0 saturated heterocycles. The smallest absolute Gasteiger partial charge is 0.0349 e. The summed E-state index contributed by atoms with van der Waals surface area (Å²) >= 11 is 1.69. The average Bonchev–Trinajstić information content (AvgIpc) is 2.47. The third kappa shape index (κ3) is 0.955. The lowest BCUT2D eigenvalue weighted by atomic mass is 10.2. The molecule has 1 aromatic carbocycles. The Hall–Kier alpha value is -1.15. The summed E-state index contributed by atoms with van der Waals surface area (Å²) in [6.45, 7) is 0. The molecule has 1 heterocycles. The molecule has 2 rings (SSSR count). The minimum absolute atomic E-state index is 1.02. The first-order chi connectivity index (χ1) is 5.42. The number of fused-ring (bicyclic) bond motifs is 1. The average molecular weight is 161 g/mol. The molecule has 0 saturated carbocycles. The molecule has 2 aromatic rings. The molecule has 0 fully saturated rings. The molecule has 2 heteroatoms. The molecule has 1 N–H and O–H groups in total. The molecule has 0 unspecified atom stereocenters. The molecule has 0 atom stereocenters. The monoisotopic (exact) mass is 161 g/mol. The van der Waals surface area contributed by atoms with Gasteiger partial charge in [-0.3, -0.25) is 0 Å². The molecule has 0 aliphatic carbocycles. The Labute approximate surface area is 68.8 Å². The second kappa shape index (κ2) is 2.47. The third-order valence-corrected chi connectivity index (χ3v) is 2.65. The summed E-state index contributed by atoms with van der Waals surface area (Å²) < 4.78 is 1.26. The van der Waals surface area contributed by atoms with Gasteiger partial charge < -0.3 is 5.41 Å². The first-order valence-electron chi connectivity index (χ1n) is 3.38. The van der Waals surface area contributed by atoms with E-state index < -0.39 is 0 Å². The van der Waals surface area contributed by atoms with Gasteiger partial charge in [-0.15, -0.1) is 11.3 Å². The van der Waals surface area contributed by atoms with Gasteiger partial charge in [0.2, 0.25) is 0 Å². The number of benzene rings is 1. The topological polar surface area (TPSA) is 23.9 Å². The van der Waals surface area contributed by atoms with Crippen molar-refractivity contribution in [3.05, 3.63) is 35.2 Å². The van der Waals surface area contributed by atoms with Crippen molar-refractivity contribution in [2.45, 2.75) is 0 Å². The quantitative estimate of drug-likeness (QED) is 0.622. The molecule has 0 radical (unpaired) electrons. The first kappa shape index (κ1) is 6.55. The van der Waals surface area contributed by atoms with E-state index in [0.29, 0.717) is 0 Å². The number of nitrogens with one attached hydrogen (secondary N) is 1. The van der Waals surface area contributed by atoms with Crippen molar-refractivity contribution in [3.8, 4) is 0 Å². The van der Waals surface area contributed by atoms with E-state index in [1.165, 1.54) is 16.3 Å². The van der Waals surface area contributed by atoms with Crippen LogP contribution in [0.1, 0.15) is 5.56 Å². The molecular weight excluding hydrogens is 154 g/mol. The van der Waals surface area contributed by atoms with Crippen LogP contribution in [0.2, 0.25) is 0 Å². The largest absolute Gasteiger partial charge is 0.308 e. The predicted octanol–water partition coefficient (Wildman–Crippen LogP) is 2.90. The van der Waals surface area contributed by atoms with E-state index in [4.69, 9.17) is 5.41 Å².